The van der Waals surface area contributed by atoms with Crippen molar-refractivity contribution in [3.05, 3.63) is 59.7 Å². The van der Waals surface area contributed by atoms with Gasteiger partial charge in [0.2, 0.25) is 16.1 Å². The zero-order valence-corrected chi connectivity index (χ0v) is 19.1. The van der Waals surface area contributed by atoms with Crippen molar-refractivity contribution in [1.82, 2.24) is 14.9 Å². The predicted octanol–water partition coefficient (Wildman–Crippen LogP) is 1.83. The molecule has 11 heteroatoms. The first-order valence-electron chi connectivity index (χ1n) is 10.2. The number of methoxy groups -OCH3 is 1. The van der Waals surface area contributed by atoms with Gasteiger partial charge in [0.05, 0.1) is 12.7 Å². The number of nitrogens with one attached hydrogen (secondary N) is 2. The summed E-state index contributed by atoms with van der Waals surface area (Å²) in [6.45, 7) is 0.770. The molecule has 33 heavy (non-hydrogen) atoms. The van der Waals surface area contributed by atoms with Gasteiger partial charge in [0.1, 0.15) is 10.6 Å². The summed E-state index contributed by atoms with van der Waals surface area (Å²) in [6, 6.07) is 11.3. The smallest absolute Gasteiger partial charge is 0.339 e. The first kappa shape index (κ1) is 24.2. The fourth-order valence-electron chi connectivity index (χ4n) is 3.39. The van der Waals surface area contributed by atoms with Crippen molar-refractivity contribution in [2.75, 3.05) is 27.2 Å². The maximum atomic E-state index is 13.1. The first-order chi connectivity index (χ1) is 15.8. The number of hydrogen-bond acceptors (Lipinski definition) is 7. The largest absolute Gasteiger partial charge is 0.495 e. The molecule has 2 aromatic rings. The zero-order valence-electron chi connectivity index (χ0n) is 18.2. The van der Waals surface area contributed by atoms with E-state index in [1.807, 2.05) is 0 Å². The third kappa shape index (κ3) is 5.49. The highest BCUT2D eigenvalue weighted by Crippen LogP contribution is 2.30. The van der Waals surface area contributed by atoms with Gasteiger partial charge in [0, 0.05) is 25.7 Å². The van der Waals surface area contributed by atoms with E-state index in [9.17, 15) is 22.8 Å². The summed E-state index contributed by atoms with van der Waals surface area (Å²) >= 11 is 0. The monoisotopic (exact) mass is 475 g/mol. The van der Waals surface area contributed by atoms with Gasteiger partial charge in [-0.05, 0) is 31.0 Å². The van der Waals surface area contributed by atoms with Crippen LogP contribution in [0.5, 0.6) is 5.75 Å². The molecule has 0 bridgehead atoms. The fourth-order valence-corrected chi connectivity index (χ4v) is 5.09. The quantitative estimate of drug-likeness (QED) is 0.584. The molecule has 10 nitrogen and oxygen atoms in total. The number of ether oxygens (including phenoxy) is 2. The van der Waals surface area contributed by atoms with Crippen LogP contribution in [0.15, 0.2) is 53.4 Å². The Hall–Kier alpha value is -3.44. The number of imide groups is 1. The minimum atomic E-state index is -3.89. The van der Waals surface area contributed by atoms with Crippen molar-refractivity contribution in [1.29, 1.82) is 0 Å². The van der Waals surface area contributed by atoms with Crippen molar-refractivity contribution >= 4 is 27.9 Å². The highest BCUT2D eigenvalue weighted by Gasteiger charge is 2.32. The Kier molecular flexibility index (Phi) is 7.67. The van der Waals surface area contributed by atoms with Crippen molar-refractivity contribution in [2.24, 2.45) is 0 Å². The SMILES string of the molecule is CNC(=O)NC(=O)C(OC(=O)c1ccc(OC)c(S(=O)(=O)N2CCCC2)c1)c1ccccc1. The van der Waals surface area contributed by atoms with Crippen molar-refractivity contribution in [2.45, 2.75) is 23.8 Å². The van der Waals surface area contributed by atoms with Crippen LogP contribution in [-0.2, 0) is 19.6 Å². The minimum Gasteiger partial charge on any atom is -0.495 e. The van der Waals surface area contributed by atoms with Crippen LogP contribution < -0.4 is 15.4 Å². The van der Waals surface area contributed by atoms with E-state index in [0.717, 1.165) is 12.8 Å². The molecule has 1 aliphatic heterocycles. The molecule has 1 saturated heterocycles. The maximum Gasteiger partial charge on any atom is 0.339 e. The van der Waals surface area contributed by atoms with Crippen LogP contribution >= 0.6 is 0 Å². The number of carbonyl (C=O) groups is 3. The highest BCUT2D eigenvalue weighted by molar-refractivity contribution is 7.89. The predicted molar refractivity (Wildman–Crippen MR) is 118 cm³/mol. The van der Waals surface area contributed by atoms with Gasteiger partial charge in [-0.2, -0.15) is 4.31 Å². The van der Waals surface area contributed by atoms with E-state index >= 15 is 0 Å². The van der Waals surface area contributed by atoms with Crippen LogP contribution in [0.3, 0.4) is 0 Å². The number of hydrogen-bond donors (Lipinski definition) is 2. The molecule has 0 radical (unpaired) electrons. The Morgan fingerprint density at radius 2 is 1.70 bits per heavy atom. The Morgan fingerprint density at radius 1 is 1.03 bits per heavy atom. The highest BCUT2D eigenvalue weighted by atomic mass is 32.2. The van der Waals surface area contributed by atoms with Crippen LogP contribution in [0.25, 0.3) is 0 Å². The lowest BCUT2D eigenvalue weighted by Crippen LogP contribution is -2.41. The van der Waals surface area contributed by atoms with E-state index in [0.29, 0.717) is 18.7 Å². The molecule has 0 aliphatic carbocycles. The van der Waals surface area contributed by atoms with E-state index in [4.69, 9.17) is 9.47 Å². The summed E-state index contributed by atoms with van der Waals surface area (Å²) in [5.41, 5.74) is 0.257. The van der Waals surface area contributed by atoms with Crippen molar-refractivity contribution < 1.29 is 32.3 Å². The number of rotatable bonds is 7. The van der Waals surface area contributed by atoms with Gasteiger partial charge < -0.3 is 14.8 Å². The number of amides is 3. The third-order valence-corrected chi connectivity index (χ3v) is 7.03. The van der Waals surface area contributed by atoms with Crippen LogP contribution in [0.2, 0.25) is 0 Å². The van der Waals surface area contributed by atoms with Crippen LogP contribution in [-0.4, -0.2) is 57.9 Å². The normalized spacial score (nSPS) is 14.8. The van der Waals surface area contributed by atoms with Crippen LogP contribution in [0.1, 0.15) is 34.9 Å². The maximum absolute atomic E-state index is 13.1. The number of carbonyl (C=O) groups excluding carboxylic acids is 3. The zero-order chi connectivity index (χ0) is 24.0. The lowest BCUT2D eigenvalue weighted by atomic mass is 10.1. The summed E-state index contributed by atoms with van der Waals surface area (Å²) in [7, 11) is -1.21. The molecule has 1 aliphatic rings. The molecule has 0 saturated carbocycles. The number of urea groups is 1. The Morgan fingerprint density at radius 3 is 2.30 bits per heavy atom. The molecule has 2 N–H and O–H groups in total. The second-order valence-electron chi connectivity index (χ2n) is 7.24. The summed E-state index contributed by atoms with van der Waals surface area (Å²) in [6.07, 6.45) is 0.0714. The summed E-state index contributed by atoms with van der Waals surface area (Å²) in [4.78, 5) is 37.0. The lowest BCUT2D eigenvalue weighted by molar-refractivity contribution is -0.129. The molecular weight excluding hydrogens is 450 g/mol. The number of benzene rings is 2. The summed E-state index contributed by atoms with van der Waals surface area (Å²) < 4.78 is 38.1. The Balaban J connectivity index is 1.92. The molecular formula is C22H25N3O7S. The van der Waals surface area contributed by atoms with Gasteiger partial charge in [-0.3, -0.25) is 10.1 Å². The topological polar surface area (TPSA) is 131 Å². The lowest BCUT2D eigenvalue weighted by Gasteiger charge is -2.19. The van der Waals surface area contributed by atoms with Crippen LogP contribution in [0.4, 0.5) is 4.79 Å². The summed E-state index contributed by atoms with van der Waals surface area (Å²) in [5, 5.41) is 4.34. The van der Waals surface area contributed by atoms with E-state index < -0.39 is 34.0 Å². The van der Waals surface area contributed by atoms with E-state index in [2.05, 4.69) is 10.6 Å². The molecule has 3 amide bonds. The van der Waals surface area contributed by atoms with E-state index in [1.54, 1.807) is 30.3 Å². The molecule has 1 unspecified atom stereocenters. The molecule has 3 rings (SSSR count). The van der Waals surface area contributed by atoms with Crippen molar-refractivity contribution in [3.8, 4) is 5.75 Å². The molecule has 0 aromatic heterocycles. The van der Waals surface area contributed by atoms with Crippen molar-refractivity contribution in [3.63, 3.8) is 0 Å². The molecule has 2 aromatic carbocycles. The third-order valence-electron chi connectivity index (χ3n) is 5.11. The van der Waals surface area contributed by atoms with Gasteiger partial charge in [0.25, 0.3) is 5.91 Å². The Bertz CT molecular complexity index is 1130. The van der Waals surface area contributed by atoms with Gasteiger partial charge in [-0.1, -0.05) is 30.3 Å². The molecule has 1 heterocycles. The minimum absolute atomic E-state index is 0.0813. The molecule has 0 spiro atoms. The number of nitrogens with zero attached hydrogens (tertiary/aromatic N) is 1. The number of sulfonamides is 1. The van der Waals surface area contributed by atoms with Gasteiger partial charge in [0.15, 0.2) is 0 Å². The fraction of sp³-hybridized carbons (Fsp3) is 0.318. The van der Waals surface area contributed by atoms with E-state index in [1.165, 1.54) is 36.7 Å². The second kappa shape index (κ2) is 10.5. The number of esters is 1. The molecule has 1 fully saturated rings. The summed E-state index contributed by atoms with van der Waals surface area (Å²) in [5.74, 6) is -1.70. The second-order valence-corrected chi connectivity index (χ2v) is 9.15. The Labute approximate surface area is 191 Å². The standard InChI is InChI=1S/C22H25N3O7S/c1-23-22(28)24-20(26)19(15-8-4-3-5-9-15)32-21(27)16-10-11-17(31-2)18(14-16)33(29,30)25-12-6-7-13-25/h3-5,8-11,14,19H,6-7,12-13H2,1-2H3,(H2,23,24,26,28). The average Bonchev–Trinajstić information content (AvgIpc) is 3.38. The van der Waals surface area contributed by atoms with Gasteiger partial charge in [-0.25, -0.2) is 18.0 Å². The average molecular weight is 476 g/mol. The first-order valence-corrected chi connectivity index (χ1v) is 11.7. The van der Waals surface area contributed by atoms with E-state index in [-0.39, 0.29) is 16.2 Å². The molecule has 1 atom stereocenters. The van der Waals surface area contributed by atoms with Gasteiger partial charge >= 0.3 is 12.0 Å². The van der Waals surface area contributed by atoms with Gasteiger partial charge in [-0.15, -0.1) is 0 Å². The molecule has 176 valence electrons. The van der Waals surface area contributed by atoms with Crippen LogP contribution in [0, 0.1) is 0 Å².